The minimum absolute atomic E-state index is 0.0693. The summed E-state index contributed by atoms with van der Waals surface area (Å²) in [5.74, 6) is 1.17. The fraction of sp³-hybridized carbons (Fsp3) is 0.632. The van der Waals surface area contributed by atoms with Gasteiger partial charge in [0.2, 0.25) is 5.91 Å². The summed E-state index contributed by atoms with van der Waals surface area (Å²) in [7, 11) is 1.92. The van der Waals surface area contributed by atoms with Crippen molar-refractivity contribution in [2.24, 2.45) is 13.0 Å². The molecule has 2 fully saturated rings. The number of likely N-dealkylation sites (tertiary alicyclic amines) is 1. The van der Waals surface area contributed by atoms with Crippen molar-refractivity contribution >= 4 is 5.91 Å². The van der Waals surface area contributed by atoms with Crippen molar-refractivity contribution in [2.75, 3.05) is 39.4 Å². The van der Waals surface area contributed by atoms with Crippen LogP contribution in [0.2, 0.25) is 0 Å². The second-order valence-electron chi connectivity index (χ2n) is 7.46. The second-order valence-corrected chi connectivity index (χ2v) is 7.46. The zero-order valence-electron chi connectivity index (χ0n) is 16.1. The molecule has 2 saturated heterocycles. The lowest BCUT2D eigenvalue weighted by Gasteiger charge is -2.35. The maximum Gasteiger partial charge on any atom is 0.227 e. The molecule has 146 valence electrons. The molecule has 1 amide bonds. The maximum atomic E-state index is 12.8. The molecule has 0 spiro atoms. The molecule has 27 heavy (non-hydrogen) atoms. The normalized spacial score (nSPS) is 21.6. The first-order valence-electron chi connectivity index (χ1n) is 9.65. The van der Waals surface area contributed by atoms with Gasteiger partial charge in [-0.1, -0.05) is 5.16 Å². The number of morpholine rings is 1. The fourth-order valence-corrected chi connectivity index (χ4v) is 3.93. The van der Waals surface area contributed by atoms with Gasteiger partial charge in [0, 0.05) is 44.0 Å². The summed E-state index contributed by atoms with van der Waals surface area (Å²) < 4.78 is 12.7. The fourth-order valence-electron chi connectivity index (χ4n) is 3.93. The molecule has 2 aromatic rings. The average molecular weight is 373 g/mol. The second kappa shape index (κ2) is 7.82. The zero-order valence-corrected chi connectivity index (χ0v) is 16.1. The number of amides is 1. The van der Waals surface area contributed by atoms with Gasteiger partial charge in [-0.25, -0.2) is 0 Å². The van der Waals surface area contributed by atoms with Crippen LogP contribution in [0.4, 0.5) is 0 Å². The largest absolute Gasteiger partial charge is 0.378 e. The van der Waals surface area contributed by atoms with Crippen LogP contribution in [0.25, 0.3) is 11.3 Å². The van der Waals surface area contributed by atoms with Gasteiger partial charge in [0.1, 0.15) is 5.69 Å². The number of aromatic nitrogens is 3. The molecule has 0 unspecified atom stereocenters. The summed E-state index contributed by atoms with van der Waals surface area (Å²) in [5.41, 5.74) is 2.86. The summed E-state index contributed by atoms with van der Waals surface area (Å²) >= 11 is 0. The number of carbonyl (C=O) groups is 1. The van der Waals surface area contributed by atoms with E-state index in [-0.39, 0.29) is 11.8 Å². The lowest BCUT2D eigenvalue weighted by Crippen LogP contribution is -2.48. The van der Waals surface area contributed by atoms with Gasteiger partial charge in [-0.15, -0.1) is 0 Å². The van der Waals surface area contributed by atoms with Crippen molar-refractivity contribution in [1.82, 2.24) is 24.7 Å². The molecule has 4 rings (SSSR count). The summed E-state index contributed by atoms with van der Waals surface area (Å²) in [4.78, 5) is 17.0. The number of piperidine rings is 1. The first-order valence-corrected chi connectivity index (χ1v) is 9.65. The van der Waals surface area contributed by atoms with E-state index in [4.69, 9.17) is 9.26 Å². The van der Waals surface area contributed by atoms with Crippen molar-refractivity contribution < 1.29 is 14.1 Å². The van der Waals surface area contributed by atoms with Gasteiger partial charge < -0.3 is 14.2 Å². The number of hydrogen-bond acceptors (Lipinski definition) is 6. The van der Waals surface area contributed by atoms with Crippen LogP contribution >= 0.6 is 0 Å². The molecule has 0 saturated carbocycles. The number of ether oxygens (including phenoxy) is 1. The molecule has 0 aromatic carbocycles. The van der Waals surface area contributed by atoms with Crippen LogP contribution in [0.3, 0.4) is 0 Å². The molecule has 0 bridgehead atoms. The molecule has 8 nitrogen and oxygen atoms in total. The van der Waals surface area contributed by atoms with E-state index >= 15 is 0 Å². The van der Waals surface area contributed by atoms with Crippen LogP contribution < -0.4 is 0 Å². The topological polar surface area (TPSA) is 76.6 Å². The van der Waals surface area contributed by atoms with Crippen LogP contribution in [0.1, 0.15) is 24.3 Å². The Morgan fingerprint density at radius 2 is 2.11 bits per heavy atom. The SMILES string of the molecule is Cc1c(-c2cc(CN3CCC[C@H](C(=O)N4CCOCC4)C3)on2)cnn1C. The van der Waals surface area contributed by atoms with Crippen molar-refractivity contribution in [3.63, 3.8) is 0 Å². The van der Waals surface area contributed by atoms with Crippen molar-refractivity contribution in [3.05, 3.63) is 23.7 Å². The average Bonchev–Trinajstić information content (AvgIpc) is 3.29. The zero-order chi connectivity index (χ0) is 18.8. The molecule has 8 heteroatoms. The van der Waals surface area contributed by atoms with E-state index in [1.165, 1.54) is 0 Å². The number of aryl methyl sites for hydroxylation is 1. The molecule has 0 N–H and O–H groups in total. The Kier molecular flexibility index (Phi) is 5.27. The van der Waals surface area contributed by atoms with Gasteiger partial charge in [-0.3, -0.25) is 14.4 Å². The van der Waals surface area contributed by atoms with Crippen molar-refractivity contribution in [2.45, 2.75) is 26.3 Å². The minimum Gasteiger partial charge on any atom is -0.378 e. The predicted octanol–water partition coefficient (Wildman–Crippen LogP) is 1.45. The molecule has 4 heterocycles. The highest BCUT2D eigenvalue weighted by Crippen LogP contribution is 2.25. The first kappa shape index (κ1) is 18.2. The Bertz CT molecular complexity index is 793. The van der Waals surface area contributed by atoms with E-state index in [9.17, 15) is 4.79 Å². The number of nitrogens with zero attached hydrogens (tertiary/aromatic N) is 5. The molecule has 0 aliphatic carbocycles. The number of carbonyl (C=O) groups excluding carboxylic acids is 1. The third kappa shape index (κ3) is 3.91. The van der Waals surface area contributed by atoms with Gasteiger partial charge in [-0.2, -0.15) is 5.10 Å². The molecule has 2 aromatic heterocycles. The highest BCUT2D eigenvalue weighted by Gasteiger charge is 2.30. The number of hydrogen-bond donors (Lipinski definition) is 0. The third-order valence-electron chi connectivity index (χ3n) is 5.63. The van der Waals surface area contributed by atoms with Crippen molar-refractivity contribution in [1.29, 1.82) is 0 Å². The van der Waals surface area contributed by atoms with E-state index in [1.54, 1.807) is 0 Å². The van der Waals surface area contributed by atoms with Crippen LogP contribution in [0.5, 0.6) is 0 Å². The predicted molar refractivity (Wildman–Crippen MR) is 98.8 cm³/mol. The quantitative estimate of drug-likeness (QED) is 0.807. The van der Waals surface area contributed by atoms with Crippen molar-refractivity contribution in [3.8, 4) is 11.3 Å². The van der Waals surface area contributed by atoms with Gasteiger partial charge in [0.05, 0.1) is 31.9 Å². The smallest absolute Gasteiger partial charge is 0.227 e. The van der Waals surface area contributed by atoms with E-state index in [2.05, 4.69) is 15.2 Å². The van der Waals surface area contributed by atoms with Gasteiger partial charge in [0.15, 0.2) is 5.76 Å². The van der Waals surface area contributed by atoms with Crippen LogP contribution in [-0.2, 0) is 23.1 Å². The lowest BCUT2D eigenvalue weighted by molar-refractivity contribution is -0.141. The van der Waals surface area contributed by atoms with E-state index in [0.29, 0.717) is 32.8 Å². The van der Waals surface area contributed by atoms with Crippen LogP contribution in [-0.4, -0.2) is 70.0 Å². The van der Waals surface area contributed by atoms with E-state index in [1.807, 2.05) is 35.8 Å². The number of rotatable bonds is 4. The molecule has 2 aliphatic rings. The molecular formula is C19H27N5O3. The van der Waals surface area contributed by atoms with Gasteiger partial charge >= 0.3 is 0 Å². The maximum absolute atomic E-state index is 12.8. The Labute approximate surface area is 159 Å². The third-order valence-corrected chi connectivity index (χ3v) is 5.63. The summed E-state index contributed by atoms with van der Waals surface area (Å²) in [6, 6.07) is 1.98. The Morgan fingerprint density at radius 3 is 2.85 bits per heavy atom. The standard InChI is InChI=1S/C19H27N5O3/c1-14-17(11-20-22(14)2)18-10-16(27-21-18)13-23-5-3-4-15(12-23)19(25)24-6-8-26-9-7-24/h10-11,15H,3-9,12-13H2,1-2H3/t15-/m0/s1. The van der Waals surface area contributed by atoms with Gasteiger partial charge in [0.25, 0.3) is 0 Å². The first-order chi connectivity index (χ1) is 13.1. The highest BCUT2D eigenvalue weighted by molar-refractivity contribution is 5.79. The summed E-state index contributed by atoms with van der Waals surface area (Å²) in [6.07, 6.45) is 3.81. The molecular weight excluding hydrogens is 346 g/mol. The van der Waals surface area contributed by atoms with Gasteiger partial charge in [-0.05, 0) is 26.3 Å². The summed E-state index contributed by atoms with van der Waals surface area (Å²) in [6.45, 7) is 7.18. The molecule has 1 atom stereocenters. The van der Waals surface area contributed by atoms with Crippen LogP contribution in [0, 0.1) is 12.8 Å². The molecule has 0 radical (unpaired) electrons. The van der Waals surface area contributed by atoms with E-state index < -0.39 is 0 Å². The highest BCUT2D eigenvalue weighted by atomic mass is 16.5. The van der Waals surface area contributed by atoms with E-state index in [0.717, 1.165) is 48.6 Å². The lowest BCUT2D eigenvalue weighted by atomic mass is 9.96. The summed E-state index contributed by atoms with van der Waals surface area (Å²) in [5, 5.41) is 8.47. The van der Waals surface area contributed by atoms with Crippen LogP contribution in [0.15, 0.2) is 16.8 Å². The minimum atomic E-state index is 0.0693. The Hall–Kier alpha value is -2.19. The Morgan fingerprint density at radius 1 is 1.30 bits per heavy atom. The monoisotopic (exact) mass is 373 g/mol. The Balaban J connectivity index is 1.38. The molecule has 2 aliphatic heterocycles.